The first kappa shape index (κ1) is 14.8. The molecule has 0 fully saturated rings. The Bertz CT molecular complexity index is 476. The average molecular weight is 267 g/mol. The van der Waals surface area contributed by atoms with Crippen LogP contribution in [0.25, 0.3) is 0 Å². The summed E-state index contributed by atoms with van der Waals surface area (Å²) < 4.78 is 0. The van der Waals surface area contributed by atoms with Crippen molar-refractivity contribution in [3.05, 3.63) is 23.8 Å². The molecular formula is C13H17NO5. The molecule has 4 N–H and O–H groups in total. The lowest BCUT2D eigenvalue weighted by Crippen LogP contribution is -2.43. The minimum absolute atomic E-state index is 0.0833. The molecule has 0 aliphatic carbocycles. The molecule has 0 aliphatic heterocycles. The zero-order chi connectivity index (χ0) is 14.6. The summed E-state index contributed by atoms with van der Waals surface area (Å²) in [6.45, 7) is 3.34. The predicted molar refractivity (Wildman–Crippen MR) is 68.2 cm³/mol. The molecule has 0 heterocycles. The van der Waals surface area contributed by atoms with E-state index in [4.69, 9.17) is 5.11 Å². The van der Waals surface area contributed by atoms with Gasteiger partial charge in [0.05, 0.1) is 0 Å². The Morgan fingerprint density at radius 2 is 1.74 bits per heavy atom. The maximum Gasteiger partial charge on any atom is 0.303 e. The summed E-state index contributed by atoms with van der Waals surface area (Å²) >= 11 is 0. The third-order valence-corrected chi connectivity index (χ3v) is 2.66. The van der Waals surface area contributed by atoms with Crippen molar-refractivity contribution in [1.82, 2.24) is 5.32 Å². The van der Waals surface area contributed by atoms with Gasteiger partial charge in [0.25, 0.3) is 5.91 Å². The lowest BCUT2D eigenvalue weighted by molar-refractivity contribution is -0.137. The highest BCUT2D eigenvalue weighted by molar-refractivity contribution is 5.99. The predicted octanol–water partition coefficient (Wildman–Crippen LogP) is 1.47. The van der Waals surface area contributed by atoms with Crippen molar-refractivity contribution >= 4 is 11.9 Å². The minimum Gasteiger partial charge on any atom is -0.507 e. The van der Waals surface area contributed by atoms with Gasteiger partial charge in [0.2, 0.25) is 0 Å². The number of rotatable bonds is 5. The smallest absolute Gasteiger partial charge is 0.303 e. The number of phenols is 2. The van der Waals surface area contributed by atoms with Crippen LogP contribution >= 0.6 is 0 Å². The largest absolute Gasteiger partial charge is 0.507 e. The van der Waals surface area contributed by atoms with Gasteiger partial charge in [0.1, 0.15) is 17.1 Å². The van der Waals surface area contributed by atoms with E-state index >= 15 is 0 Å². The molecule has 1 aromatic carbocycles. The monoisotopic (exact) mass is 267 g/mol. The van der Waals surface area contributed by atoms with Crippen LogP contribution in [-0.4, -0.2) is 32.7 Å². The number of hydrogen-bond donors (Lipinski definition) is 4. The van der Waals surface area contributed by atoms with E-state index in [2.05, 4.69) is 5.32 Å². The van der Waals surface area contributed by atoms with Crippen molar-refractivity contribution in [1.29, 1.82) is 0 Å². The Kier molecular flexibility index (Phi) is 4.37. The number of carboxylic acids is 1. The van der Waals surface area contributed by atoms with Gasteiger partial charge in [-0.15, -0.1) is 0 Å². The fraction of sp³-hybridized carbons (Fsp3) is 0.385. The lowest BCUT2D eigenvalue weighted by Gasteiger charge is -2.26. The Labute approximate surface area is 110 Å². The molecule has 0 spiro atoms. The Hall–Kier alpha value is -2.24. The molecule has 0 aliphatic rings. The summed E-state index contributed by atoms with van der Waals surface area (Å²) in [6.07, 6.45) is 0.155. The molecule has 0 saturated heterocycles. The number of aromatic hydroxyl groups is 2. The molecule has 6 nitrogen and oxygen atoms in total. The number of amides is 1. The molecular weight excluding hydrogens is 250 g/mol. The zero-order valence-electron chi connectivity index (χ0n) is 10.8. The van der Waals surface area contributed by atoms with Crippen LogP contribution in [0.15, 0.2) is 18.2 Å². The van der Waals surface area contributed by atoms with Crippen molar-refractivity contribution in [3.8, 4) is 11.5 Å². The van der Waals surface area contributed by atoms with Crippen molar-refractivity contribution in [2.45, 2.75) is 32.2 Å². The number of benzene rings is 1. The summed E-state index contributed by atoms with van der Waals surface area (Å²) in [4.78, 5) is 22.5. The molecule has 0 bridgehead atoms. The first-order chi connectivity index (χ1) is 8.73. The van der Waals surface area contributed by atoms with Crippen molar-refractivity contribution < 1.29 is 24.9 Å². The molecule has 0 unspecified atom stereocenters. The molecule has 1 rings (SSSR count). The normalized spacial score (nSPS) is 11.1. The number of phenolic OH excluding ortho intramolecular Hbond substituents is 2. The second-order valence-corrected chi connectivity index (χ2v) is 4.90. The number of nitrogens with one attached hydrogen (secondary N) is 1. The molecule has 0 radical (unpaired) electrons. The van der Waals surface area contributed by atoms with Gasteiger partial charge in [-0.2, -0.15) is 0 Å². The molecule has 0 atom stereocenters. The van der Waals surface area contributed by atoms with E-state index in [0.29, 0.717) is 0 Å². The maximum atomic E-state index is 12.0. The summed E-state index contributed by atoms with van der Waals surface area (Å²) in [6, 6.07) is 3.99. The lowest BCUT2D eigenvalue weighted by atomic mass is 9.97. The van der Waals surface area contributed by atoms with Crippen molar-refractivity contribution in [3.63, 3.8) is 0 Å². The topological polar surface area (TPSA) is 107 Å². The van der Waals surface area contributed by atoms with Gasteiger partial charge < -0.3 is 20.6 Å². The van der Waals surface area contributed by atoms with Crippen LogP contribution in [0, 0.1) is 0 Å². The van der Waals surface area contributed by atoms with Crippen LogP contribution in [0.4, 0.5) is 0 Å². The van der Waals surface area contributed by atoms with E-state index in [-0.39, 0.29) is 29.9 Å². The van der Waals surface area contributed by atoms with E-state index in [9.17, 15) is 19.8 Å². The van der Waals surface area contributed by atoms with E-state index in [1.807, 2.05) is 0 Å². The summed E-state index contributed by atoms with van der Waals surface area (Å²) in [7, 11) is 0. The van der Waals surface area contributed by atoms with Crippen LogP contribution in [0.2, 0.25) is 0 Å². The third kappa shape index (κ3) is 4.17. The highest BCUT2D eigenvalue weighted by atomic mass is 16.4. The number of carbonyl (C=O) groups excluding carboxylic acids is 1. The van der Waals surface area contributed by atoms with E-state index in [1.165, 1.54) is 18.2 Å². The van der Waals surface area contributed by atoms with Gasteiger partial charge in [-0.3, -0.25) is 9.59 Å². The molecule has 6 heteroatoms. The fourth-order valence-electron chi connectivity index (χ4n) is 1.61. The quantitative estimate of drug-likeness (QED) is 0.646. The number of aliphatic carboxylic acids is 1. The standard InChI is InChI=1S/C13H17NO5/c1-13(2,7-6-10(17)18)14-12(19)11-8(15)4-3-5-9(11)16/h3-5,15-16H,6-7H2,1-2H3,(H,14,19)(H,17,18). The molecule has 0 saturated carbocycles. The number of carbonyl (C=O) groups is 2. The highest BCUT2D eigenvalue weighted by Gasteiger charge is 2.25. The molecule has 104 valence electrons. The van der Waals surface area contributed by atoms with Crippen LogP contribution in [0.3, 0.4) is 0 Å². The van der Waals surface area contributed by atoms with E-state index in [0.717, 1.165) is 0 Å². The maximum absolute atomic E-state index is 12.0. The molecule has 1 aromatic rings. The van der Waals surface area contributed by atoms with E-state index in [1.54, 1.807) is 13.8 Å². The second kappa shape index (κ2) is 5.60. The van der Waals surface area contributed by atoms with Gasteiger partial charge >= 0.3 is 5.97 Å². The summed E-state index contributed by atoms with van der Waals surface area (Å²) in [5.74, 6) is -2.25. The first-order valence-electron chi connectivity index (χ1n) is 5.78. The molecule has 19 heavy (non-hydrogen) atoms. The number of hydrogen-bond acceptors (Lipinski definition) is 4. The Morgan fingerprint density at radius 1 is 1.21 bits per heavy atom. The van der Waals surface area contributed by atoms with Gasteiger partial charge in [-0.25, -0.2) is 0 Å². The average Bonchev–Trinajstić information content (AvgIpc) is 2.25. The van der Waals surface area contributed by atoms with Crippen LogP contribution < -0.4 is 5.32 Å². The number of carboxylic acid groups (broad SMARTS) is 1. The molecule has 0 aromatic heterocycles. The third-order valence-electron chi connectivity index (χ3n) is 2.66. The fourth-order valence-corrected chi connectivity index (χ4v) is 1.61. The Balaban J connectivity index is 2.82. The van der Waals surface area contributed by atoms with Gasteiger partial charge in [0.15, 0.2) is 0 Å². The molecule has 1 amide bonds. The second-order valence-electron chi connectivity index (χ2n) is 4.90. The van der Waals surface area contributed by atoms with E-state index < -0.39 is 17.4 Å². The van der Waals surface area contributed by atoms with Crippen molar-refractivity contribution in [2.75, 3.05) is 0 Å². The highest BCUT2D eigenvalue weighted by Crippen LogP contribution is 2.27. The summed E-state index contributed by atoms with van der Waals surface area (Å²) in [5.41, 5.74) is -0.976. The van der Waals surface area contributed by atoms with Gasteiger partial charge in [-0.1, -0.05) is 6.07 Å². The van der Waals surface area contributed by atoms with Gasteiger partial charge in [-0.05, 0) is 32.4 Å². The first-order valence-corrected chi connectivity index (χ1v) is 5.78. The Morgan fingerprint density at radius 3 is 2.21 bits per heavy atom. The zero-order valence-corrected chi connectivity index (χ0v) is 10.8. The van der Waals surface area contributed by atoms with Crippen LogP contribution in [-0.2, 0) is 4.79 Å². The van der Waals surface area contributed by atoms with Crippen molar-refractivity contribution in [2.24, 2.45) is 0 Å². The van der Waals surface area contributed by atoms with Crippen LogP contribution in [0.5, 0.6) is 11.5 Å². The van der Waals surface area contributed by atoms with Gasteiger partial charge in [0, 0.05) is 12.0 Å². The van der Waals surface area contributed by atoms with Crippen LogP contribution in [0.1, 0.15) is 37.0 Å². The SMILES string of the molecule is CC(C)(CCC(=O)O)NC(=O)c1c(O)cccc1O. The minimum atomic E-state index is -0.951. The summed E-state index contributed by atoms with van der Waals surface area (Å²) in [5, 5.41) is 30.3.